The molecular weight excluding hydrogens is 582 g/mol. The molecule has 1 unspecified atom stereocenters. The molecule has 3 heterocycles. The van der Waals surface area contributed by atoms with Gasteiger partial charge in [0.05, 0.1) is 17.5 Å². The number of carbonyl (C=O) groups is 2. The van der Waals surface area contributed by atoms with E-state index < -0.39 is 11.9 Å². The molecule has 0 saturated carbocycles. The first-order valence-corrected chi connectivity index (χ1v) is 13.4. The number of halogens is 1. The molecule has 1 aliphatic rings. The number of nitrogens with one attached hydrogen (secondary N) is 1. The number of esters is 1. The summed E-state index contributed by atoms with van der Waals surface area (Å²) >= 11 is 3.41. The molecule has 1 atom stereocenters. The first-order valence-electron chi connectivity index (χ1n) is 12.6. The number of likely N-dealkylation sites (tertiary alicyclic amines) is 1. The fourth-order valence-electron chi connectivity index (χ4n) is 4.37. The highest BCUT2D eigenvalue weighted by atomic mass is 79.9. The number of rotatable bonds is 8. The highest BCUT2D eigenvalue weighted by Gasteiger charge is 2.28. The zero-order valence-electron chi connectivity index (χ0n) is 21.5. The maximum Gasteiger partial charge on any atom is 0.343 e. The van der Waals surface area contributed by atoms with Gasteiger partial charge in [0.2, 0.25) is 11.6 Å². The number of hydrazone groups is 1. The zero-order chi connectivity index (χ0) is 28.1. The quantitative estimate of drug-likeness (QED) is 0.131. The third-order valence-corrected chi connectivity index (χ3v) is 7.01. The van der Waals surface area contributed by atoms with Crippen LogP contribution in [-0.4, -0.2) is 60.9 Å². The van der Waals surface area contributed by atoms with Crippen LogP contribution in [0.5, 0.6) is 5.75 Å². The van der Waals surface area contributed by atoms with Crippen molar-refractivity contribution in [1.29, 1.82) is 0 Å². The van der Waals surface area contributed by atoms with Crippen LogP contribution in [0, 0.1) is 0 Å². The summed E-state index contributed by atoms with van der Waals surface area (Å²) in [4.78, 5) is 28.0. The minimum atomic E-state index is -0.588. The molecule has 0 aliphatic carbocycles. The fraction of sp³-hybridized carbons (Fsp3) is 0.269. The minimum absolute atomic E-state index is 0.0232. The van der Waals surface area contributed by atoms with Crippen molar-refractivity contribution in [3.8, 4) is 11.6 Å². The molecule has 5 rings (SSSR count). The fourth-order valence-corrected chi connectivity index (χ4v) is 4.75. The average molecular weight is 608 g/mol. The zero-order valence-corrected chi connectivity index (χ0v) is 23.1. The van der Waals surface area contributed by atoms with Crippen molar-refractivity contribution in [2.75, 3.05) is 12.3 Å². The van der Waals surface area contributed by atoms with Gasteiger partial charge in [0, 0.05) is 22.6 Å². The molecule has 4 aromatic rings. The maximum absolute atomic E-state index is 13.2. The summed E-state index contributed by atoms with van der Waals surface area (Å²) in [5.74, 6) is -0.662. The highest BCUT2D eigenvalue weighted by molar-refractivity contribution is 9.10. The summed E-state index contributed by atoms with van der Waals surface area (Å²) in [5.41, 5.74) is 9.79. The largest absolute Gasteiger partial charge is 0.422 e. The van der Waals surface area contributed by atoms with Gasteiger partial charge in [-0.3, -0.25) is 9.69 Å². The summed E-state index contributed by atoms with van der Waals surface area (Å²) in [7, 11) is 0. The van der Waals surface area contributed by atoms with Gasteiger partial charge in [-0.05, 0) is 67.0 Å². The normalized spacial score (nSPS) is 15.8. The van der Waals surface area contributed by atoms with E-state index in [1.807, 2.05) is 6.07 Å². The van der Waals surface area contributed by atoms with Crippen molar-refractivity contribution in [2.45, 2.75) is 38.8 Å². The van der Waals surface area contributed by atoms with Crippen LogP contribution in [-0.2, 0) is 6.54 Å². The van der Waals surface area contributed by atoms with Crippen LogP contribution in [0.25, 0.3) is 5.82 Å². The smallest absolute Gasteiger partial charge is 0.343 e. The van der Waals surface area contributed by atoms with Crippen molar-refractivity contribution in [1.82, 2.24) is 35.6 Å². The molecule has 40 heavy (non-hydrogen) atoms. The van der Waals surface area contributed by atoms with E-state index in [1.165, 1.54) is 10.9 Å². The van der Waals surface area contributed by atoms with E-state index in [-0.39, 0.29) is 23.1 Å². The van der Waals surface area contributed by atoms with Gasteiger partial charge in [-0.15, -0.1) is 5.10 Å². The first kappa shape index (κ1) is 27.1. The van der Waals surface area contributed by atoms with Crippen LogP contribution < -0.4 is 15.9 Å². The van der Waals surface area contributed by atoms with Gasteiger partial charge in [0.15, 0.2) is 5.69 Å². The number of piperidine rings is 1. The predicted molar refractivity (Wildman–Crippen MR) is 148 cm³/mol. The lowest BCUT2D eigenvalue weighted by atomic mass is 10.0. The average Bonchev–Trinajstić information content (AvgIpc) is 3.57. The van der Waals surface area contributed by atoms with Gasteiger partial charge in [0.1, 0.15) is 5.75 Å². The van der Waals surface area contributed by atoms with Gasteiger partial charge < -0.3 is 10.5 Å². The number of anilines is 1. The van der Waals surface area contributed by atoms with Crippen LogP contribution in [0.1, 0.15) is 58.3 Å². The Morgan fingerprint density at radius 1 is 1.23 bits per heavy atom. The van der Waals surface area contributed by atoms with E-state index in [2.05, 4.69) is 58.9 Å². The van der Waals surface area contributed by atoms with Crippen molar-refractivity contribution < 1.29 is 19.0 Å². The van der Waals surface area contributed by atoms with Gasteiger partial charge in [-0.1, -0.05) is 45.8 Å². The van der Waals surface area contributed by atoms with Gasteiger partial charge in [-0.25, -0.2) is 14.8 Å². The second-order valence-electron chi connectivity index (χ2n) is 9.22. The first-order chi connectivity index (χ1) is 19.4. The number of nitrogen functional groups attached to an aromatic ring is 1. The Hall–Kier alpha value is -4.43. The molecule has 206 valence electrons. The van der Waals surface area contributed by atoms with E-state index >= 15 is 0 Å². The van der Waals surface area contributed by atoms with E-state index in [0.717, 1.165) is 30.3 Å². The molecule has 2 aromatic heterocycles. The van der Waals surface area contributed by atoms with Gasteiger partial charge in [0.25, 0.3) is 5.91 Å². The van der Waals surface area contributed by atoms with E-state index in [1.54, 1.807) is 42.5 Å². The second kappa shape index (κ2) is 12.2. The summed E-state index contributed by atoms with van der Waals surface area (Å²) < 4.78 is 12.4. The maximum atomic E-state index is 13.2. The molecule has 1 amide bonds. The summed E-state index contributed by atoms with van der Waals surface area (Å²) in [6, 6.07) is 14.0. The lowest BCUT2D eigenvalue weighted by Crippen LogP contribution is -2.38. The highest BCUT2D eigenvalue weighted by Crippen LogP contribution is 2.24. The molecule has 0 radical (unpaired) electrons. The minimum Gasteiger partial charge on any atom is -0.422 e. The molecule has 1 aliphatic heterocycles. The molecule has 3 N–H and O–H groups in total. The molecule has 1 saturated heterocycles. The van der Waals surface area contributed by atoms with Crippen LogP contribution in [0.2, 0.25) is 0 Å². The molecule has 14 heteroatoms. The molecule has 0 bridgehead atoms. The number of benzene rings is 2. The number of hydrogen-bond acceptors (Lipinski definition) is 11. The van der Waals surface area contributed by atoms with Crippen LogP contribution in [0.3, 0.4) is 0 Å². The van der Waals surface area contributed by atoms with Crippen LogP contribution in [0.15, 0.2) is 62.7 Å². The van der Waals surface area contributed by atoms with Gasteiger partial charge in [-0.2, -0.15) is 9.78 Å². The van der Waals surface area contributed by atoms with Crippen molar-refractivity contribution in [3.63, 3.8) is 0 Å². The molecule has 0 spiro atoms. The number of ether oxygens (including phenoxy) is 1. The Morgan fingerprint density at radius 3 is 2.80 bits per heavy atom. The lowest BCUT2D eigenvalue weighted by molar-refractivity contribution is 0.0734. The lowest BCUT2D eigenvalue weighted by Gasteiger charge is -2.33. The Labute approximate surface area is 237 Å². The van der Waals surface area contributed by atoms with Crippen molar-refractivity contribution in [3.05, 3.63) is 75.5 Å². The molecule has 2 aromatic carbocycles. The number of aromatic nitrogens is 5. The molecular formula is C26H26BrN9O4. The summed E-state index contributed by atoms with van der Waals surface area (Å²) in [6.45, 7) is 3.40. The van der Waals surface area contributed by atoms with E-state index in [0.29, 0.717) is 29.4 Å². The Kier molecular flexibility index (Phi) is 8.26. The number of nitrogens with two attached hydrogens (primary N) is 1. The van der Waals surface area contributed by atoms with Crippen LogP contribution in [0.4, 0.5) is 5.82 Å². The standard InChI is InChI=1S/C26H26BrN9O4/c1-16-7-5-6-12-35(16)15-20-22(30-34-36(20)24-23(28)32-40-33-24)25(37)31-29-14-18-13-19(27)10-11-21(18)39-26(38)17-8-3-2-4-9-17/h2-4,8-11,13-14,16H,5-7,12,15H2,1H3,(H2,28,32)(H,31,37). The third-order valence-electron chi connectivity index (χ3n) is 6.52. The van der Waals surface area contributed by atoms with Crippen molar-refractivity contribution >= 4 is 39.8 Å². The number of carbonyl (C=O) groups excluding carboxylic acids is 2. The van der Waals surface area contributed by atoms with E-state index in [9.17, 15) is 9.59 Å². The summed E-state index contributed by atoms with van der Waals surface area (Å²) in [5, 5.41) is 19.7. The third kappa shape index (κ3) is 6.07. The van der Waals surface area contributed by atoms with Crippen molar-refractivity contribution in [2.24, 2.45) is 5.10 Å². The number of hydrogen-bond donors (Lipinski definition) is 2. The predicted octanol–water partition coefficient (Wildman–Crippen LogP) is 3.35. The SMILES string of the molecule is CC1CCCCN1Cc1c(C(=O)NN=Cc2cc(Br)ccc2OC(=O)c2ccccc2)nnn1-c1nonc1N. The Bertz CT molecular complexity index is 1540. The molecule has 13 nitrogen and oxygen atoms in total. The Morgan fingerprint density at radius 2 is 2.05 bits per heavy atom. The Balaban J connectivity index is 1.36. The van der Waals surface area contributed by atoms with Crippen LogP contribution >= 0.6 is 15.9 Å². The number of nitrogens with zero attached hydrogens (tertiary/aromatic N) is 7. The van der Waals surface area contributed by atoms with Gasteiger partial charge >= 0.3 is 5.97 Å². The summed E-state index contributed by atoms with van der Waals surface area (Å²) in [6.07, 6.45) is 4.63. The monoisotopic (exact) mass is 607 g/mol. The second-order valence-corrected chi connectivity index (χ2v) is 10.1. The topological polar surface area (TPSA) is 167 Å². The molecule has 1 fully saturated rings. The van der Waals surface area contributed by atoms with E-state index in [4.69, 9.17) is 15.1 Å². The number of amides is 1.